The molecule has 2 aromatic rings. The Morgan fingerprint density at radius 2 is 1.57 bits per heavy atom. The van der Waals surface area contributed by atoms with Gasteiger partial charge in [0.05, 0.1) is 4.90 Å². The van der Waals surface area contributed by atoms with Gasteiger partial charge < -0.3 is 0 Å². The van der Waals surface area contributed by atoms with Gasteiger partial charge in [-0.1, -0.05) is 11.6 Å². The first kappa shape index (κ1) is 15.4. The van der Waals surface area contributed by atoms with E-state index in [9.17, 15) is 17.6 Å². The van der Waals surface area contributed by atoms with Gasteiger partial charge in [0.2, 0.25) is 0 Å². The molecule has 0 saturated heterocycles. The second kappa shape index (κ2) is 6.20. The van der Waals surface area contributed by atoms with E-state index in [1.165, 1.54) is 36.4 Å². The monoisotopic (exact) mass is 324 g/mol. The van der Waals surface area contributed by atoms with Crippen molar-refractivity contribution in [1.29, 1.82) is 0 Å². The van der Waals surface area contributed by atoms with Crippen LogP contribution in [0.25, 0.3) is 0 Å². The van der Waals surface area contributed by atoms with Crippen molar-refractivity contribution < 1.29 is 17.6 Å². The zero-order valence-electron chi connectivity index (χ0n) is 10.7. The van der Waals surface area contributed by atoms with Crippen LogP contribution in [0.15, 0.2) is 64.9 Å². The van der Waals surface area contributed by atoms with Gasteiger partial charge in [0.15, 0.2) is 15.6 Å². The summed E-state index contributed by atoms with van der Waals surface area (Å²) in [5, 5.41) is 1.24. The van der Waals surface area contributed by atoms with Crippen molar-refractivity contribution in [3.05, 3.63) is 76.4 Å². The SMILES string of the molecule is O=C(C=CS(=O)(=O)c1ccc(Cl)cc1)c1ccc(F)cc1. The summed E-state index contributed by atoms with van der Waals surface area (Å²) in [6, 6.07) is 10.4. The van der Waals surface area contributed by atoms with Crippen molar-refractivity contribution >= 4 is 27.2 Å². The average Bonchev–Trinajstić information content (AvgIpc) is 2.46. The molecule has 21 heavy (non-hydrogen) atoms. The Hall–Kier alpha value is -1.98. The van der Waals surface area contributed by atoms with Crippen LogP contribution >= 0.6 is 11.6 Å². The van der Waals surface area contributed by atoms with E-state index in [2.05, 4.69) is 0 Å². The van der Waals surface area contributed by atoms with Crippen molar-refractivity contribution in [3.8, 4) is 0 Å². The summed E-state index contributed by atoms with van der Waals surface area (Å²) >= 11 is 5.68. The number of sulfone groups is 1. The molecule has 2 rings (SSSR count). The molecule has 0 aliphatic rings. The molecular weight excluding hydrogens is 315 g/mol. The Labute approximate surface area is 126 Å². The van der Waals surface area contributed by atoms with Crippen LogP contribution in [0.2, 0.25) is 5.02 Å². The van der Waals surface area contributed by atoms with Crippen LogP contribution in [0.4, 0.5) is 4.39 Å². The molecule has 0 bridgehead atoms. The lowest BCUT2D eigenvalue weighted by Crippen LogP contribution is -1.99. The zero-order chi connectivity index (χ0) is 15.5. The fraction of sp³-hybridized carbons (Fsp3) is 0. The van der Waals surface area contributed by atoms with Gasteiger partial charge in [-0.15, -0.1) is 0 Å². The maximum Gasteiger partial charge on any atom is 0.199 e. The molecule has 6 heteroatoms. The maximum absolute atomic E-state index is 12.7. The van der Waals surface area contributed by atoms with Crippen molar-refractivity contribution in [2.75, 3.05) is 0 Å². The van der Waals surface area contributed by atoms with Gasteiger partial charge in [-0.3, -0.25) is 4.79 Å². The quantitative estimate of drug-likeness (QED) is 0.637. The van der Waals surface area contributed by atoms with E-state index in [0.717, 1.165) is 23.6 Å². The van der Waals surface area contributed by atoms with Crippen molar-refractivity contribution in [3.63, 3.8) is 0 Å². The van der Waals surface area contributed by atoms with E-state index in [1.54, 1.807) is 0 Å². The van der Waals surface area contributed by atoms with Crippen LogP contribution in [0, 0.1) is 5.82 Å². The zero-order valence-corrected chi connectivity index (χ0v) is 12.2. The largest absolute Gasteiger partial charge is 0.289 e. The highest BCUT2D eigenvalue weighted by atomic mass is 35.5. The topological polar surface area (TPSA) is 51.2 Å². The minimum atomic E-state index is -3.72. The molecule has 2 aromatic carbocycles. The van der Waals surface area contributed by atoms with E-state index < -0.39 is 21.4 Å². The molecule has 0 amide bonds. The molecule has 0 radical (unpaired) electrons. The summed E-state index contributed by atoms with van der Waals surface area (Å²) in [5.41, 5.74) is 0.207. The molecule has 108 valence electrons. The standard InChI is InChI=1S/C15H10ClFO3S/c16-12-3-7-14(8-4-12)21(19,20)10-9-15(18)11-1-5-13(17)6-2-11/h1-10H. The third kappa shape index (κ3) is 4.00. The molecule has 0 saturated carbocycles. The summed E-state index contributed by atoms with van der Waals surface area (Å²) < 4.78 is 36.7. The molecule has 0 unspecified atom stereocenters. The summed E-state index contributed by atoms with van der Waals surface area (Å²) in [4.78, 5) is 11.8. The minimum Gasteiger partial charge on any atom is -0.289 e. The Morgan fingerprint density at radius 3 is 2.14 bits per heavy atom. The number of hydrogen-bond donors (Lipinski definition) is 0. The smallest absolute Gasteiger partial charge is 0.199 e. The third-order valence-corrected chi connectivity index (χ3v) is 4.35. The number of carbonyl (C=O) groups is 1. The molecule has 0 aliphatic carbocycles. The number of halogens is 2. The van der Waals surface area contributed by atoms with Gasteiger partial charge in [0.25, 0.3) is 0 Å². The van der Waals surface area contributed by atoms with Crippen LogP contribution in [-0.2, 0) is 9.84 Å². The van der Waals surface area contributed by atoms with Crippen molar-refractivity contribution in [2.24, 2.45) is 0 Å². The van der Waals surface area contributed by atoms with Gasteiger partial charge in [-0.2, -0.15) is 0 Å². The van der Waals surface area contributed by atoms with Gasteiger partial charge in [0, 0.05) is 16.0 Å². The van der Waals surface area contributed by atoms with Crippen molar-refractivity contribution in [1.82, 2.24) is 0 Å². The minimum absolute atomic E-state index is 0.0371. The van der Waals surface area contributed by atoms with Gasteiger partial charge in [0.1, 0.15) is 5.82 Å². The van der Waals surface area contributed by atoms with E-state index in [1.807, 2.05) is 0 Å². The molecular formula is C15H10ClFO3S. The molecule has 0 aliphatic heterocycles. The van der Waals surface area contributed by atoms with Gasteiger partial charge in [-0.25, -0.2) is 12.8 Å². The predicted octanol–water partition coefficient (Wildman–Crippen LogP) is 3.65. The van der Waals surface area contributed by atoms with E-state index in [0.29, 0.717) is 5.02 Å². The molecule has 3 nitrogen and oxygen atoms in total. The number of allylic oxidation sites excluding steroid dienone is 1. The van der Waals surface area contributed by atoms with E-state index >= 15 is 0 Å². The first-order chi connectivity index (χ1) is 9.88. The lowest BCUT2D eigenvalue weighted by Gasteiger charge is -1.99. The van der Waals surface area contributed by atoms with Gasteiger partial charge in [-0.05, 0) is 54.6 Å². The number of benzene rings is 2. The summed E-state index contributed by atoms with van der Waals surface area (Å²) in [5.74, 6) is -0.989. The first-order valence-electron chi connectivity index (χ1n) is 5.87. The van der Waals surface area contributed by atoms with Crippen LogP contribution in [0.1, 0.15) is 10.4 Å². The van der Waals surface area contributed by atoms with Crippen LogP contribution < -0.4 is 0 Å². The number of ketones is 1. The Morgan fingerprint density at radius 1 is 1.00 bits per heavy atom. The summed E-state index contributed by atoms with van der Waals surface area (Å²) in [7, 11) is -3.72. The lowest BCUT2D eigenvalue weighted by molar-refractivity contribution is 0.104. The Bertz CT molecular complexity index is 779. The number of rotatable bonds is 4. The maximum atomic E-state index is 12.7. The second-order valence-corrected chi connectivity index (χ2v) is 6.44. The van der Waals surface area contributed by atoms with Crippen molar-refractivity contribution in [2.45, 2.75) is 4.90 Å². The lowest BCUT2D eigenvalue weighted by atomic mass is 10.1. The Kier molecular flexibility index (Phi) is 4.55. The highest BCUT2D eigenvalue weighted by Crippen LogP contribution is 2.16. The first-order valence-corrected chi connectivity index (χ1v) is 7.79. The molecule has 0 aromatic heterocycles. The molecule has 0 N–H and O–H groups in total. The fourth-order valence-corrected chi connectivity index (χ4v) is 2.67. The van der Waals surface area contributed by atoms with Crippen LogP contribution in [0.5, 0.6) is 0 Å². The number of carbonyl (C=O) groups excluding carboxylic acids is 1. The Balaban J connectivity index is 2.21. The molecule has 0 spiro atoms. The van der Waals surface area contributed by atoms with Gasteiger partial charge >= 0.3 is 0 Å². The summed E-state index contributed by atoms with van der Waals surface area (Å²) in [6.07, 6.45) is 0.942. The highest BCUT2D eigenvalue weighted by molar-refractivity contribution is 7.94. The van der Waals surface area contributed by atoms with E-state index in [-0.39, 0.29) is 10.5 Å². The highest BCUT2D eigenvalue weighted by Gasteiger charge is 2.11. The second-order valence-electron chi connectivity index (χ2n) is 4.17. The molecule has 0 heterocycles. The van der Waals surface area contributed by atoms with E-state index in [4.69, 9.17) is 11.6 Å². The number of hydrogen-bond acceptors (Lipinski definition) is 3. The average molecular weight is 325 g/mol. The normalized spacial score (nSPS) is 11.7. The van der Waals surface area contributed by atoms with Crippen LogP contribution in [0.3, 0.4) is 0 Å². The fourth-order valence-electron chi connectivity index (χ4n) is 1.56. The third-order valence-electron chi connectivity index (χ3n) is 2.67. The molecule has 0 fully saturated rings. The summed E-state index contributed by atoms with van der Waals surface area (Å²) in [6.45, 7) is 0. The van der Waals surface area contributed by atoms with Crippen LogP contribution in [-0.4, -0.2) is 14.2 Å². The molecule has 0 atom stereocenters. The predicted molar refractivity (Wildman–Crippen MR) is 78.5 cm³/mol.